The van der Waals surface area contributed by atoms with E-state index in [-0.39, 0.29) is 6.04 Å². The number of nitrogens with zero attached hydrogens (tertiary/aromatic N) is 1. The van der Waals surface area contributed by atoms with E-state index in [2.05, 4.69) is 32.9 Å². The summed E-state index contributed by atoms with van der Waals surface area (Å²) in [5.41, 5.74) is 14.1. The summed E-state index contributed by atoms with van der Waals surface area (Å²) in [6, 6.07) is 4.55. The molecule has 19 heavy (non-hydrogen) atoms. The lowest BCUT2D eigenvalue weighted by Gasteiger charge is -2.23. The van der Waals surface area contributed by atoms with Crippen LogP contribution in [0.3, 0.4) is 0 Å². The van der Waals surface area contributed by atoms with Crippen molar-refractivity contribution in [3.63, 3.8) is 0 Å². The van der Waals surface area contributed by atoms with Crippen LogP contribution >= 0.6 is 0 Å². The largest absolute Gasteiger partial charge is 0.324 e. The third-order valence-corrected chi connectivity index (χ3v) is 4.20. The van der Waals surface area contributed by atoms with Crippen LogP contribution in [-0.4, -0.2) is 4.98 Å². The van der Waals surface area contributed by atoms with Crippen LogP contribution in [-0.2, 0) is 12.8 Å². The van der Waals surface area contributed by atoms with Crippen LogP contribution in [0.4, 0.5) is 0 Å². The maximum Gasteiger partial charge on any atom is 0.0738 e. The van der Waals surface area contributed by atoms with Crippen molar-refractivity contribution >= 4 is 10.9 Å². The lowest BCUT2D eigenvalue weighted by Crippen LogP contribution is -2.16. The molecule has 1 atom stereocenters. The van der Waals surface area contributed by atoms with Gasteiger partial charge in [-0.3, -0.25) is 4.98 Å². The van der Waals surface area contributed by atoms with Gasteiger partial charge in [-0.2, -0.15) is 0 Å². The third-order valence-electron chi connectivity index (χ3n) is 4.20. The SMILES string of the molecule is Cc1cc(C)c2nc3c(c(C(C)N)c2c1)CCCC3. The summed E-state index contributed by atoms with van der Waals surface area (Å²) in [4.78, 5) is 4.94. The number of rotatable bonds is 1. The molecule has 2 aromatic rings. The van der Waals surface area contributed by atoms with Gasteiger partial charge < -0.3 is 5.73 Å². The van der Waals surface area contributed by atoms with Crippen LogP contribution in [0.1, 0.15) is 53.8 Å². The predicted octanol–water partition coefficient (Wildman–Crippen LogP) is 3.75. The highest BCUT2D eigenvalue weighted by Gasteiger charge is 2.20. The van der Waals surface area contributed by atoms with Crippen LogP contribution in [0.15, 0.2) is 12.1 Å². The Kier molecular flexibility index (Phi) is 3.06. The van der Waals surface area contributed by atoms with Crippen LogP contribution in [0, 0.1) is 13.8 Å². The number of aryl methyl sites for hydroxylation is 3. The van der Waals surface area contributed by atoms with E-state index in [0.29, 0.717) is 0 Å². The van der Waals surface area contributed by atoms with E-state index in [0.717, 1.165) is 18.4 Å². The van der Waals surface area contributed by atoms with E-state index >= 15 is 0 Å². The third kappa shape index (κ3) is 2.04. The van der Waals surface area contributed by atoms with Crippen LogP contribution in [0.25, 0.3) is 10.9 Å². The van der Waals surface area contributed by atoms with Gasteiger partial charge in [-0.05, 0) is 69.2 Å². The molecule has 2 N–H and O–H groups in total. The summed E-state index contributed by atoms with van der Waals surface area (Å²) >= 11 is 0. The predicted molar refractivity (Wildman–Crippen MR) is 80.5 cm³/mol. The standard InChI is InChI=1S/C17H22N2/c1-10-8-11(2)17-14(9-10)16(12(3)18)13-6-4-5-7-15(13)19-17/h8-9,12H,4-7,18H2,1-3H3. The maximum absolute atomic E-state index is 6.28. The van der Waals surface area contributed by atoms with Gasteiger partial charge in [-0.1, -0.05) is 11.6 Å². The zero-order valence-corrected chi connectivity index (χ0v) is 12.1. The monoisotopic (exact) mass is 254 g/mol. The molecule has 1 aromatic heterocycles. The number of pyridine rings is 1. The molecule has 100 valence electrons. The molecule has 1 aromatic carbocycles. The Labute approximate surface area is 115 Å². The lowest BCUT2D eigenvalue weighted by molar-refractivity contribution is 0.655. The molecule has 0 bridgehead atoms. The van der Waals surface area contributed by atoms with Gasteiger partial charge in [0, 0.05) is 17.1 Å². The first-order chi connectivity index (χ1) is 9.08. The minimum Gasteiger partial charge on any atom is -0.324 e. The molecular weight excluding hydrogens is 232 g/mol. The normalized spacial score (nSPS) is 16.4. The van der Waals surface area contributed by atoms with E-state index in [9.17, 15) is 0 Å². The number of hydrogen-bond acceptors (Lipinski definition) is 2. The number of fused-ring (bicyclic) bond motifs is 2. The maximum atomic E-state index is 6.28. The van der Waals surface area contributed by atoms with Gasteiger partial charge in [0.1, 0.15) is 0 Å². The van der Waals surface area contributed by atoms with Crippen LogP contribution in [0.5, 0.6) is 0 Å². The van der Waals surface area contributed by atoms with Gasteiger partial charge in [0.15, 0.2) is 0 Å². The average molecular weight is 254 g/mol. The van der Waals surface area contributed by atoms with E-state index in [4.69, 9.17) is 10.7 Å². The minimum atomic E-state index is 0.0820. The summed E-state index contributed by atoms with van der Waals surface area (Å²) in [6.07, 6.45) is 4.78. The zero-order chi connectivity index (χ0) is 13.6. The molecule has 0 amide bonds. The molecule has 0 saturated carbocycles. The van der Waals surface area contributed by atoms with Crippen LogP contribution in [0.2, 0.25) is 0 Å². The van der Waals surface area contributed by atoms with Gasteiger partial charge in [0.2, 0.25) is 0 Å². The molecule has 1 unspecified atom stereocenters. The highest BCUT2D eigenvalue weighted by atomic mass is 14.7. The second kappa shape index (κ2) is 4.61. The van der Waals surface area contributed by atoms with Crippen molar-refractivity contribution in [1.82, 2.24) is 4.98 Å². The highest BCUT2D eigenvalue weighted by molar-refractivity contribution is 5.87. The van der Waals surface area contributed by atoms with Gasteiger partial charge in [-0.15, -0.1) is 0 Å². The average Bonchev–Trinajstić information content (AvgIpc) is 2.36. The molecule has 0 saturated heterocycles. The van der Waals surface area contributed by atoms with Gasteiger partial charge in [-0.25, -0.2) is 0 Å². The molecule has 3 rings (SSSR count). The lowest BCUT2D eigenvalue weighted by atomic mass is 9.86. The van der Waals surface area contributed by atoms with Crippen molar-refractivity contribution in [2.75, 3.05) is 0 Å². The fourth-order valence-corrected chi connectivity index (χ4v) is 3.43. The van der Waals surface area contributed by atoms with Crippen molar-refractivity contribution in [2.24, 2.45) is 5.73 Å². The number of benzene rings is 1. The zero-order valence-electron chi connectivity index (χ0n) is 12.1. The molecule has 0 spiro atoms. The first-order valence-electron chi connectivity index (χ1n) is 7.26. The van der Waals surface area contributed by atoms with Gasteiger partial charge >= 0.3 is 0 Å². The molecule has 0 fully saturated rings. The molecule has 2 heteroatoms. The summed E-state index contributed by atoms with van der Waals surface area (Å²) in [6.45, 7) is 6.40. The second-order valence-electron chi connectivity index (χ2n) is 5.92. The molecule has 1 aliphatic carbocycles. The highest BCUT2D eigenvalue weighted by Crippen LogP contribution is 2.34. The molecule has 1 aliphatic rings. The van der Waals surface area contributed by atoms with Crippen molar-refractivity contribution in [3.05, 3.63) is 40.1 Å². The summed E-state index contributed by atoms with van der Waals surface area (Å²) in [7, 11) is 0. The van der Waals surface area contributed by atoms with Crippen molar-refractivity contribution in [1.29, 1.82) is 0 Å². The van der Waals surface area contributed by atoms with Gasteiger partial charge in [0.25, 0.3) is 0 Å². The Morgan fingerprint density at radius 2 is 1.89 bits per heavy atom. The van der Waals surface area contributed by atoms with E-state index < -0.39 is 0 Å². The van der Waals surface area contributed by atoms with Crippen LogP contribution < -0.4 is 5.73 Å². The second-order valence-corrected chi connectivity index (χ2v) is 5.92. The summed E-state index contributed by atoms with van der Waals surface area (Å²) in [5.74, 6) is 0. The Balaban J connectivity index is 2.42. The Morgan fingerprint density at radius 1 is 1.16 bits per heavy atom. The van der Waals surface area contributed by atoms with E-state index in [1.165, 1.54) is 46.2 Å². The van der Waals surface area contributed by atoms with E-state index in [1.807, 2.05) is 0 Å². The number of aromatic nitrogens is 1. The number of nitrogens with two attached hydrogens (primary N) is 1. The first-order valence-corrected chi connectivity index (χ1v) is 7.26. The molecule has 0 aliphatic heterocycles. The van der Waals surface area contributed by atoms with E-state index in [1.54, 1.807) is 0 Å². The smallest absolute Gasteiger partial charge is 0.0738 e. The Hall–Kier alpha value is -1.41. The summed E-state index contributed by atoms with van der Waals surface area (Å²) < 4.78 is 0. The van der Waals surface area contributed by atoms with Crippen molar-refractivity contribution < 1.29 is 0 Å². The number of hydrogen-bond donors (Lipinski definition) is 1. The molecule has 0 radical (unpaired) electrons. The topological polar surface area (TPSA) is 38.9 Å². The fraction of sp³-hybridized carbons (Fsp3) is 0.471. The van der Waals surface area contributed by atoms with Gasteiger partial charge in [0.05, 0.1) is 5.52 Å². The Morgan fingerprint density at radius 3 is 2.63 bits per heavy atom. The Bertz CT molecular complexity index is 641. The van der Waals surface area contributed by atoms with Crippen molar-refractivity contribution in [3.8, 4) is 0 Å². The molecular formula is C17H22N2. The molecule has 2 nitrogen and oxygen atoms in total. The first kappa shape index (κ1) is 12.6. The minimum absolute atomic E-state index is 0.0820. The summed E-state index contributed by atoms with van der Waals surface area (Å²) in [5, 5.41) is 1.27. The fourth-order valence-electron chi connectivity index (χ4n) is 3.43. The molecule has 1 heterocycles. The van der Waals surface area contributed by atoms with Crippen molar-refractivity contribution in [2.45, 2.75) is 52.5 Å². The quantitative estimate of drug-likeness (QED) is 0.841.